The summed E-state index contributed by atoms with van der Waals surface area (Å²) in [6, 6.07) is 15.3. The Morgan fingerprint density at radius 1 is 1.10 bits per heavy atom. The van der Waals surface area contributed by atoms with Gasteiger partial charge in [-0.2, -0.15) is 0 Å². The van der Waals surface area contributed by atoms with Crippen LogP contribution in [0.4, 0.5) is 5.69 Å². The van der Waals surface area contributed by atoms with E-state index in [0.29, 0.717) is 12.6 Å². The molecule has 110 valence electrons. The summed E-state index contributed by atoms with van der Waals surface area (Å²) in [6.07, 6.45) is 0.945. The first-order valence-corrected chi connectivity index (χ1v) is 7.55. The molecule has 0 aliphatic heterocycles. The van der Waals surface area contributed by atoms with Crippen LogP contribution >= 0.6 is 15.9 Å². The van der Waals surface area contributed by atoms with E-state index in [9.17, 15) is 10.1 Å². The third-order valence-corrected chi connectivity index (χ3v) is 3.79. The average Bonchev–Trinajstić information content (AvgIpc) is 2.48. The highest BCUT2D eigenvalue weighted by atomic mass is 79.9. The highest BCUT2D eigenvalue weighted by molar-refractivity contribution is 9.10. The van der Waals surface area contributed by atoms with Crippen molar-refractivity contribution in [3.05, 3.63) is 74.2 Å². The maximum absolute atomic E-state index is 10.6. The molecule has 0 aliphatic rings. The monoisotopic (exact) mass is 348 g/mol. The van der Waals surface area contributed by atoms with Gasteiger partial charge in [-0.3, -0.25) is 10.1 Å². The van der Waals surface area contributed by atoms with Crippen LogP contribution in [0, 0.1) is 10.1 Å². The van der Waals surface area contributed by atoms with E-state index in [-0.39, 0.29) is 10.6 Å². The van der Waals surface area contributed by atoms with Crippen LogP contribution in [-0.4, -0.2) is 11.0 Å². The predicted molar refractivity (Wildman–Crippen MR) is 87.2 cm³/mol. The summed E-state index contributed by atoms with van der Waals surface area (Å²) >= 11 is 3.43. The third-order valence-electron chi connectivity index (χ3n) is 3.26. The van der Waals surface area contributed by atoms with Gasteiger partial charge < -0.3 is 5.32 Å². The normalized spacial score (nSPS) is 12.1. The fourth-order valence-electron chi connectivity index (χ4n) is 2.07. The number of rotatable bonds is 6. The average molecular weight is 349 g/mol. The summed E-state index contributed by atoms with van der Waals surface area (Å²) in [5.74, 6) is 0. The summed E-state index contributed by atoms with van der Waals surface area (Å²) in [6.45, 7) is 2.84. The maximum Gasteiger partial charge on any atom is 0.269 e. The Morgan fingerprint density at radius 3 is 2.24 bits per heavy atom. The Morgan fingerprint density at radius 2 is 1.67 bits per heavy atom. The fourth-order valence-corrected chi connectivity index (χ4v) is 2.34. The van der Waals surface area contributed by atoms with Gasteiger partial charge in [0, 0.05) is 29.2 Å². The molecule has 0 saturated heterocycles. The molecule has 0 radical (unpaired) electrons. The van der Waals surface area contributed by atoms with Crippen LogP contribution in [0.1, 0.15) is 18.1 Å². The van der Waals surface area contributed by atoms with Crippen molar-refractivity contribution in [3.8, 4) is 0 Å². The quantitative estimate of drug-likeness (QED) is 0.632. The van der Waals surface area contributed by atoms with Crippen molar-refractivity contribution in [1.29, 1.82) is 0 Å². The molecular weight excluding hydrogens is 332 g/mol. The Hall–Kier alpha value is -1.72. The lowest BCUT2D eigenvalue weighted by Crippen LogP contribution is -2.27. The van der Waals surface area contributed by atoms with Crippen molar-refractivity contribution < 1.29 is 4.92 Å². The van der Waals surface area contributed by atoms with E-state index in [1.807, 2.05) is 12.1 Å². The van der Waals surface area contributed by atoms with Crippen LogP contribution in [-0.2, 0) is 13.0 Å². The molecule has 4 nitrogen and oxygen atoms in total. The van der Waals surface area contributed by atoms with E-state index in [1.54, 1.807) is 12.1 Å². The summed E-state index contributed by atoms with van der Waals surface area (Å²) in [5, 5.41) is 14.0. The van der Waals surface area contributed by atoms with Gasteiger partial charge in [0.05, 0.1) is 4.92 Å². The first-order chi connectivity index (χ1) is 10.0. The Bertz CT molecular complexity index is 597. The number of nitro benzene ring substituents is 1. The first-order valence-electron chi connectivity index (χ1n) is 6.76. The number of hydrogen-bond donors (Lipinski definition) is 1. The highest BCUT2D eigenvalue weighted by Crippen LogP contribution is 2.13. The molecule has 2 aromatic carbocycles. The van der Waals surface area contributed by atoms with Gasteiger partial charge in [0.1, 0.15) is 0 Å². The van der Waals surface area contributed by atoms with Gasteiger partial charge in [-0.25, -0.2) is 0 Å². The van der Waals surface area contributed by atoms with E-state index in [4.69, 9.17) is 0 Å². The van der Waals surface area contributed by atoms with Gasteiger partial charge in [-0.05, 0) is 36.6 Å². The molecule has 0 aromatic heterocycles. The third kappa shape index (κ3) is 4.95. The standard InChI is InChI=1S/C16H17BrN2O2/c1-12(10-13-2-6-15(17)7-3-13)18-11-14-4-8-16(9-5-14)19(20)21/h2-9,12,18H,10-11H2,1H3. The molecule has 2 rings (SSSR count). The molecule has 1 N–H and O–H groups in total. The Balaban J connectivity index is 1.84. The van der Waals surface area contributed by atoms with Crippen LogP contribution in [0.25, 0.3) is 0 Å². The van der Waals surface area contributed by atoms with Crippen LogP contribution in [0.2, 0.25) is 0 Å². The molecule has 0 heterocycles. The van der Waals surface area contributed by atoms with Crippen molar-refractivity contribution in [2.24, 2.45) is 0 Å². The minimum absolute atomic E-state index is 0.127. The maximum atomic E-state index is 10.6. The molecule has 1 unspecified atom stereocenters. The molecule has 0 saturated carbocycles. The summed E-state index contributed by atoms with van der Waals surface area (Å²) < 4.78 is 1.08. The molecule has 21 heavy (non-hydrogen) atoms. The van der Waals surface area contributed by atoms with E-state index in [2.05, 4.69) is 40.3 Å². The smallest absolute Gasteiger partial charge is 0.269 e. The zero-order valence-corrected chi connectivity index (χ0v) is 13.3. The largest absolute Gasteiger partial charge is 0.310 e. The van der Waals surface area contributed by atoms with Crippen molar-refractivity contribution in [1.82, 2.24) is 5.32 Å². The molecule has 0 fully saturated rings. The van der Waals surface area contributed by atoms with E-state index >= 15 is 0 Å². The molecule has 2 aromatic rings. The van der Waals surface area contributed by atoms with Gasteiger partial charge in [-0.1, -0.05) is 40.2 Å². The second-order valence-electron chi connectivity index (χ2n) is 5.04. The van der Waals surface area contributed by atoms with E-state index in [0.717, 1.165) is 16.5 Å². The second kappa shape index (κ2) is 7.33. The zero-order valence-electron chi connectivity index (χ0n) is 11.8. The number of non-ortho nitro benzene ring substituents is 1. The van der Waals surface area contributed by atoms with Gasteiger partial charge in [0.25, 0.3) is 5.69 Å². The lowest BCUT2D eigenvalue weighted by molar-refractivity contribution is -0.384. The fraction of sp³-hybridized carbons (Fsp3) is 0.250. The first kappa shape index (κ1) is 15.7. The minimum atomic E-state index is -0.382. The predicted octanol–water partition coefficient (Wildman–Crippen LogP) is 4.08. The number of hydrogen-bond acceptors (Lipinski definition) is 3. The van der Waals surface area contributed by atoms with Crippen LogP contribution in [0.3, 0.4) is 0 Å². The van der Waals surface area contributed by atoms with Gasteiger partial charge in [0.2, 0.25) is 0 Å². The summed E-state index contributed by atoms with van der Waals surface area (Å²) in [4.78, 5) is 10.2. The van der Waals surface area contributed by atoms with Crippen LogP contribution in [0.5, 0.6) is 0 Å². The summed E-state index contributed by atoms with van der Waals surface area (Å²) in [7, 11) is 0. The lowest BCUT2D eigenvalue weighted by Gasteiger charge is -2.14. The SMILES string of the molecule is CC(Cc1ccc(Br)cc1)NCc1ccc([N+](=O)[O-])cc1. The molecule has 0 bridgehead atoms. The van der Waals surface area contributed by atoms with Crippen molar-refractivity contribution in [2.45, 2.75) is 25.9 Å². The Labute approximate surface area is 132 Å². The van der Waals surface area contributed by atoms with E-state index in [1.165, 1.54) is 17.7 Å². The van der Waals surface area contributed by atoms with Gasteiger partial charge >= 0.3 is 0 Å². The minimum Gasteiger partial charge on any atom is -0.310 e. The van der Waals surface area contributed by atoms with Crippen molar-refractivity contribution in [3.63, 3.8) is 0 Å². The topological polar surface area (TPSA) is 55.2 Å². The number of benzene rings is 2. The van der Waals surface area contributed by atoms with Crippen LogP contribution < -0.4 is 5.32 Å². The van der Waals surface area contributed by atoms with Crippen LogP contribution in [0.15, 0.2) is 53.0 Å². The summed E-state index contributed by atoms with van der Waals surface area (Å²) in [5.41, 5.74) is 2.45. The molecule has 1 atom stereocenters. The number of nitro groups is 1. The number of nitrogens with zero attached hydrogens (tertiary/aromatic N) is 1. The van der Waals surface area contributed by atoms with Gasteiger partial charge in [-0.15, -0.1) is 0 Å². The lowest BCUT2D eigenvalue weighted by atomic mass is 10.1. The number of nitrogens with one attached hydrogen (secondary N) is 1. The van der Waals surface area contributed by atoms with E-state index < -0.39 is 0 Å². The highest BCUT2D eigenvalue weighted by Gasteiger charge is 2.06. The van der Waals surface area contributed by atoms with Gasteiger partial charge in [0.15, 0.2) is 0 Å². The molecular formula is C16H17BrN2O2. The molecule has 0 amide bonds. The molecule has 0 spiro atoms. The number of halogens is 1. The molecule has 5 heteroatoms. The molecule has 0 aliphatic carbocycles. The van der Waals surface area contributed by atoms with Crippen molar-refractivity contribution in [2.75, 3.05) is 0 Å². The zero-order chi connectivity index (χ0) is 15.2. The second-order valence-corrected chi connectivity index (χ2v) is 5.95. The Kier molecular flexibility index (Phi) is 5.47. The van der Waals surface area contributed by atoms with Crippen molar-refractivity contribution >= 4 is 21.6 Å².